The van der Waals surface area contributed by atoms with Crippen molar-refractivity contribution in [1.29, 1.82) is 0 Å². The van der Waals surface area contributed by atoms with Crippen molar-refractivity contribution in [2.24, 2.45) is 0 Å². The molecule has 9 heteroatoms. The topological polar surface area (TPSA) is 102 Å². The summed E-state index contributed by atoms with van der Waals surface area (Å²) in [6, 6.07) is 24.6. The van der Waals surface area contributed by atoms with Crippen molar-refractivity contribution in [3.8, 4) is 0 Å². The fraction of sp³-hybridized carbons (Fsp3) is 0.547. The molecule has 0 N–H and O–H groups in total. The van der Waals surface area contributed by atoms with E-state index in [0.717, 1.165) is 30.4 Å². The van der Waals surface area contributed by atoms with Crippen molar-refractivity contribution >= 4 is 59.4 Å². The van der Waals surface area contributed by atoms with Crippen LogP contribution >= 0.6 is 0 Å². The molecule has 6 rings (SSSR count). The van der Waals surface area contributed by atoms with Gasteiger partial charge in [-0.25, -0.2) is 0 Å². The Balaban J connectivity index is -0.000000230. The maximum atomic E-state index is 11.4. The molecule has 338 valence electrons. The molecule has 0 bridgehead atoms. The molecule has 0 spiro atoms. The van der Waals surface area contributed by atoms with Crippen molar-refractivity contribution in [2.75, 3.05) is 0 Å². The first-order valence-electron chi connectivity index (χ1n) is 23.0. The van der Waals surface area contributed by atoms with Gasteiger partial charge < -0.3 is 0 Å². The first-order chi connectivity index (χ1) is 29.1. The monoisotopic (exact) mass is 847 g/mol. The van der Waals surface area contributed by atoms with Gasteiger partial charge in [-0.1, -0.05) is 170 Å². The minimum Gasteiger partial charge on any atom is -0.299 e. The molecule has 0 saturated heterocycles. The maximum Gasteiger partial charge on any atom is 0.140 e. The largest absolute Gasteiger partial charge is 0.299 e. The molecule has 6 nitrogen and oxygen atoms in total. The second kappa shape index (κ2) is 42.2. The van der Waals surface area contributed by atoms with E-state index in [1.807, 2.05) is 93.5 Å². The first-order valence-corrected chi connectivity index (χ1v) is 23.0. The zero-order chi connectivity index (χ0) is 46.6. The molecule has 8 radical (unpaired) electrons. The number of carbonyl (C=O) groups excluding carboxylic acids is 6. The Morgan fingerprint density at radius 1 is 0.403 bits per heavy atom. The van der Waals surface area contributed by atoms with Crippen LogP contribution in [0.15, 0.2) is 72.8 Å². The summed E-state index contributed by atoms with van der Waals surface area (Å²) in [5.74, 6) is 0.858. The van der Waals surface area contributed by atoms with Crippen LogP contribution in [0, 0.1) is 0 Å². The van der Waals surface area contributed by atoms with E-state index in [-0.39, 0.29) is 88.5 Å². The average Bonchev–Trinajstić information content (AvgIpc) is 3.30. The molecule has 3 aromatic carbocycles. The van der Waals surface area contributed by atoms with Crippen LogP contribution in [0.25, 0.3) is 0 Å². The van der Waals surface area contributed by atoms with Gasteiger partial charge in [-0.05, 0) is 70.4 Å². The average molecular weight is 847 g/mol. The van der Waals surface area contributed by atoms with Crippen LogP contribution in [0.2, 0.25) is 6.82 Å². The van der Waals surface area contributed by atoms with E-state index >= 15 is 0 Å². The van der Waals surface area contributed by atoms with Crippen molar-refractivity contribution in [1.82, 2.24) is 0 Å². The van der Waals surface area contributed by atoms with Crippen LogP contribution in [0.3, 0.4) is 0 Å². The summed E-state index contributed by atoms with van der Waals surface area (Å²) in [4.78, 5) is 68.4. The van der Waals surface area contributed by atoms with E-state index in [1.54, 1.807) is 0 Å². The summed E-state index contributed by atoms with van der Waals surface area (Å²) < 4.78 is 0. The number of benzene rings is 3. The van der Waals surface area contributed by atoms with E-state index in [2.05, 4.69) is 77.1 Å². The molecular formula is C53H81B3O6. The quantitative estimate of drug-likeness (QED) is 0.181. The molecule has 3 aromatic rings. The lowest BCUT2D eigenvalue weighted by molar-refractivity contribution is -0.131. The number of rotatable bonds is 6. The van der Waals surface area contributed by atoms with Gasteiger partial charge in [0.05, 0.1) is 27.1 Å². The predicted octanol–water partition coefficient (Wildman–Crippen LogP) is 12.5. The molecule has 3 aliphatic carbocycles. The predicted molar refractivity (Wildman–Crippen MR) is 267 cm³/mol. The molecule has 0 heterocycles. The van der Waals surface area contributed by atoms with E-state index < -0.39 is 0 Å². The van der Waals surface area contributed by atoms with Crippen molar-refractivity contribution in [3.05, 3.63) is 106 Å². The molecule has 0 atom stereocenters. The Morgan fingerprint density at radius 2 is 0.758 bits per heavy atom. The van der Waals surface area contributed by atoms with Gasteiger partial charge in [-0.3, -0.25) is 28.8 Å². The van der Waals surface area contributed by atoms with Crippen LogP contribution in [0.5, 0.6) is 0 Å². The van der Waals surface area contributed by atoms with Crippen LogP contribution in [-0.4, -0.2) is 59.4 Å². The number of hydrogen-bond donors (Lipinski definition) is 0. The normalized spacial score (nSPS) is 14.4. The molecule has 0 aliphatic heterocycles. The van der Waals surface area contributed by atoms with Gasteiger partial charge in [0.15, 0.2) is 0 Å². The van der Waals surface area contributed by atoms with Crippen LogP contribution < -0.4 is 0 Å². The lowest BCUT2D eigenvalue weighted by Gasteiger charge is -2.22. The van der Waals surface area contributed by atoms with Gasteiger partial charge in [-0.2, -0.15) is 0 Å². The van der Waals surface area contributed by atoms with Crippen molar-refractivity contribution in [3.63, 3.8) is 0 Å². The van der Waals surface area contributed by atoms with Crippen molar-refractivity contribution < 1.29 is 28.8 Å². The number of ketones is 6. The fourth-order valence-electron chi connectivity index (χ4n) is 7.00. The highest BCUT2D eigenvalue weighted by molar-refractivity contribution is 6.05. The third-order valence-corrected chi connectivity index (χ3v) is 9.59. The minimum absolute atomic E-state index is 0. The number of carbonyl (C=O) groups is 6. The Hall–Kier alpha value is -4.13. The van der Waals surface area contributed by atoms with Gasteiger partial charge in [0.1, 0.15) is 34.7 Å². The van der Waals surface area contributed by atoms with E-state index in [0.29, 0.717) is 38.5 Å². The standard InChI is InChI=1S/3C14H16O2.5C2H6.CH3B.2B/c1-2-10-3-5-11(6-4-10)12-7-13(15)9-14(16)8-12;1-2-10-4-3-5-11(6-10)12-7-13(15)9-14(16)8-12;1-2-10-5-3-4-6-14(10)11-7-12(15)9-13(16)8-11;6*1-2;;/h2*3-6,12H,2,7-9H2,1H3;3-6,11H,2,7-9H2,1H3;5*1-2H3;1H3;;. The summed E-state index contributed by atoms with van der Waals surface area (Å²) >= 11 is 0. The summed E-state index contributed by atoms with van der Waals surface area (Å²) in [5, 5.41) is 0. The molecule has 0 aromatic heterocycles. The Labute approximate surface area is 384 Å². The minimum atomic E-state index is 0. The van der Waals surface area contributed by atoms with Gasteiger partial charge in [0.2, 0.25) is 0 Å². The Kier molecular flexibility index (Phi) is 45.6. The first kappa shape index (κ1) is 67.0. The van der Waals surface area contributed by atoms with E-state index in [4.69, 9.17) is 0 Å². The van der Waals surface area contributed by atoms with Crippen LogP contribution in [-0.2, 0) is 48.0 Å². The third kappa shape index (κ3) is 25.7. The Morgan fingerprint density at radius 3 is 1.13 bits per heavy atom. The lowest BCUT2D eigenvalue weighted by Crippen LogP contribution is -2.22. The smallest absolute Gasteiger partial charge is 0.140 e. The number of hydrogen-bond acceptors (Lipinski definition) is 6. The van der Waals surface area contributed by atoms with Crippen molar-refractivity contribution in [2.45, 2.75) is 192 Å². The summed E-state index contributed by atoms with van der Waals surface area (Å²) in [7, 11) is 4.50. The second-order valence-corrected chi connectivity index (χ2v) is 13.3. The molecule has 3 saturated carbocycles. The highest BCUT2D eigenvalue weighted by Gasteiger charge is 2.28. The zero-order valence-corrected chi connectivity index (χ0v) is 41.3. The summed E-state index contributed by atoms with van der Waals surface area (Å²) in [5.41, 5.74) is 7.26. The number of Topliss-reactive ketones (excluding diaryl/α,β-unsaturated/α-hetero) is 6. The Bertz CT molecular complexity index is 1600. The summed E-state index contributed by atoms with van der Waals surface area (Å²) in [6.07, 6.45) is 6.55. The SMILES string of the molecule is CC.CC.CC.CC.CC.CCc1ccc(C2CC(=O)CC(=O)C2)cc1.CCc1cccc(C2CC(=O)CC(=O)C2)c1.CCc1ccccc1C1CC(=O)CC(=O)C1.[B].[B].[B]C. The molecular weight excluding hydrogens is 765 g/mol. The molecule has 0 amide bonds. The fourth-order valence-corrected chi connectivity index (χ4v) is 7.00. The lowest BCUT2D eigenvalue weighted by atomic mass is 9.80. The molecule has 62 heavy (non-hydrogen) atoms. The van der Waals surface area contributed by atoms with Gasteiger partial charge in [0.25, 0.3) is 0 Å². The molecule has 0 unspecified atom stereocenters. The molecule has 3 aliphatic rings. The van der Waals surface area contributed by atoms with Gasteiger partial charge in [0, 0.05) is 55.4 Å². The highest BCUT2D eigenvalue weighted by atomic mass is 16.2. The van der Waals surface area contributed by atoms with Gasteiger partial charge >= 0.3 is 0 Å². The second-order valence-electron chi connectivity index (χ2n) is 13.3. The number of aryl methyl sites for hydroxylation is 3. The molecule has 3 fully saturated rings. The van der Waals surface area contributed by atoms with Crippen LogP contribution in [0.4, 0.5) is 0 Å². The van der Waals surface area contributed by atoms with Crippen LogP contribution in [0.1, 0.15) is 199 Å². The third-order valence-electron chi connectivity index (χ3n) is 9.59. The highest BCUT2D eigenvalue weighted by Crippen LogP contribution is 2.32. The summed E-state index contributed by atoms with van der Waals surface area (Å²) in [6.45, 7) is 27.8. The van der Waals surface area contributed by atoms with Gasteiger partial charge in [-0.15, -0.1) is 0 Å². The van der Waals surface area contributed by atoms with E-state index in [1.165, 1.54) is 29.1 Å². The van der Waals surface area contributed by atoms with E-state index in [9.17, 15) is 28.8 Å². The zero-order valence-electron chi connectivity index (χ0n) is 41.3. The maximum absolute atomic E-state index is 11.4.